The van der Waals surface area contributed by atoms with Gasteiger partial charge in [0, 0.05) is 11.2 Å². The van der Waals surface area contributed by atoms with Gasteiger partial charge in [-0.3, -0.25) is 14.4 Å². The number of fused-ring (bicyclic) bond motifs is 1. The molecule has 1 N–H and O–H groups in total. The zero-order valence-electron chi connectivity index (χ0n) is 19.6. The SMILES string of the molecule is CCC(OC(=O)C1C2C=CC3(CN(c4ccc(C)cc4C)C(=O)C13)O2)C(=O)NC(C)(C)C. The second-order valence-corrected chi connectivity index (χ2v) is 10.2. The number of hydrogen-bond donors (Lipinski definition) is 1. The van der Waals surface area contributed by atoms with Crippen LogP contribution >= 0.6 is 0 Å². The van der Waals surface area contributed by atoms with E-state index in [1.165, 1.54) is 0 Å². The van der Waals surface area contributed by atoms with Crippen molar-refractivity contribution >= 4 is 23.5 Å². The Morgan fingerprint density at radius 3 is 2.66 bits per heavy atom. The molecule has 5 atom stereocenters. The third-order valence-electron chi connectivity index (χ3n) is 6.44. The van der Waals surface area contributed by atoms with E-state index in [9.17, 15) is 14.4 Å². The van der Waals surface area contributed by atoms with Crippen LogP contribution in [0.2, 0.25) is 0 Å². The summed E-state index contributed by atoms with van der Waals surface area (Å²) in [5.41, 5.74) is 1.67. The molecular weight excluding hydrogens is 408 g/mol. The second-order valence-electron chi connectivity index (χ2n) is 10.2. The molecule has 2 bridgehead atoms. The topological polar surface area (TPSA) is 84.9 Å². The Bertz CT molecular complexity index is 995. The highest BCUT2D eigenvalue weighted by Gasteiger charge is 2.67. The minimum Gasteiger partial charge on any atom is -0.452 e. The van der Waals surface area contributed by atoms with Gasteiger partial charge < -0.3 is 19.7 Å². The van der Waals surface area contributed by atoms with Crippen molar-refractivity contribution in [2.45, 2.75) is 71.3 Å². The molecule has 2 saturated heterocycles. The lowest BCUT2D eigenvalue weighted by Crippen LogP contribution is -2.48. The molecule has 2 amide bonds. The predicted molar refractivity (Wildman–Crippen MR) is 120 cm³/mol. The first-order valence-electron chi connectivity index (χ1n) is 11.2. The molecule has 172 valence electrons. The van der Waals surface area contributed by atoms with Crippen LogP contribution in [-0.2, 0) is 23.9 Å². The fourth-order valence-corrected chi connectivity index (χ4v) is 5.07. The van der Waals surface area contributed by atoms with E-state index < -0.39 is 41.2 Å². The number of esters is 1. The Morgan fingerprint density at radius 1 is 1.31 bits per heavy atom. The molecule has 0 radical (unpaired) electrons. The molecular formula is C25H32N2O5. The Balaban J connectivity index is 1.56. The van der Waals surface area contributed by atoms with Crippen LogP contribution in [0, 0.1) is 25.7 Å². The van der Waals surface area contributed by atoms with Gasteiger partial charge in [0.05, 0.1) is 18.6 Å². The average Bonchev–Trinajstić information content (AvgIpc) is 3.33. The molecule has 3 aliphatic rings. The van der Waals surface area contributed by atoms with Crippen molar-refractivity contribution in [2.75, 3.05) is 11.4 Å². The predicted octanol–water partition coefficient (Wildman–Crippen LogP) is 2.83. The first-order valence-corrected chi connectivity index (χ1v) is 11.2. The number of rotatable bonds is 5. The first-order chi connectivity index (χ1) is 15.0. The number of carbonyl (C=O) groups excluding carboxylic acids is 3. The summed E-state index contributed by atoms with van der Waals surface area (Å²) in [5, 5.41) is 2.86. The lowest BCUT2D eigenvalue weighted by Gasteiger charge is -2.27. The summed E-state index contributed by atoms with van der Waals surface area (Å²) in [6.45, 7) is 11.8. The summed E-state index contributed by atoms with van der Waals surface area (Å²) in [6, 6.07) is 5.95. The Morgan fingerprint density at radius 2 is 2.03 bits per heavy atom. The van der Waals surface area contributed by atoms with Gasteiger partial charge in [0.15, 0.2) is 6.10 Å². The van der Waals surface area contributed by atoms with Crippen molar-refractivity contribution in [3.63, 3.8) is 0 Å². The molecule has 7 nitrogen and oxygen atoms in total. The number of anilines is 1. The zero-order chi connectivity index (χ0) is 23.4. The van der Waals surface area contributed by atoms with Crippen molar-refractivity contribution in [2.24, 2.45) is 11.8 Å². The highest BCUT2D eigenvalue weighted by atomic mass is 16.6. The molecule has 0 saturated carbocycles. The summed E-state index contributed by atoms with van der Waals surface area (Å²) in [5.74, 6) is -2.46. The van der Waals surface area contributed by atoms with Crippen LogP contribution in [-0.4, -0.2) is 47.7 Å². The highest BCUT2D eigenvalue weighted by molar-refractivity contribution is 6.03. The summed E-state index contributed by atoms with van der Waals surface area (Å²) in [7, 11) is 0. The first kappa shape index (κ1) is 22.5. The maximum absolute atomic E-state index is 13.5. The number of benzene rings is 1. The smallest absolute Gasteiger partial charge is 0.313 e. The van der Waals surface area contributed by atoms with Gasteiger partial charge in [-0.25, -0.2) is 0 Å². The third kappa shape index (κ3) is 3.72. The fraction of sp³-hybridized carbons (Fsp3) is 0.560. The summed E-state index contributed by atoms with van der Waals surface area (Å²) >= 11 is 0. The molecule has 0 aromatic heterocycles. The molecule has 1 spiro atoms. The number of amides is 2. The van der Waals surface area contributed by atoms with Gasteiger partial charge in [0.25, 0.3) is 5.91 Å². The van der Waals surface area contributed by atoms with Crippen molar-refractivity contribution in [1.29, 1.82) is 0 Å². The summed E-state index contributed by atoms with van der Waals surface area (Å²) in [6.07, 6.45) is 2.68. The maximum Gasteiger partial charge on any atom is 0.313 e. The van der Waals surface area contributed by atoms with Gasteiger partial charge in [0.2, 0.25) is 5.91 Å². The van der Waals surface area contributed by atoms with Crippen LogP contribution in [0.4, 0.5) is 5.69 Å². The largest absolute Gasteiger partial charge is 0.452 e. The second kappa shape index (κ2) is 7.73. The monoisotopic (exact) mass is 440 g/mol. The fourth-order valence-electron chi connectivity index (χ4n) is 5.07. The number of carbonyl (C=O) groups is 3. The molecule has 4 rings (SSSR count). The zero-order valence-corrected chi connectivity index (χ0v) is 19.6. The number of ether oxygens (including phenoxy) is 2. The standard InChI is InChI=1S/C25H32N2O5/c1-7-17(21(28)26-24(4,5)6)31-23(30)19-18-10-11-25(32-18)13-27(22(29)20(19)25)16-9-8-14(2)12-15(16)3/h8-12,17-20H,7,13H2,1-6H3,(H,26,28). The van der Waals surface area contributed by atoms with E-state index in [1.807, 2.05) is 65.0 Å². The van der Waals surface area contributed by atoms with Gasteiger partial charge in [-0.15, -0.1) is 0 Å². The van der Waals surface area contributed by atoms with Crippen LogP contribution in [0.15, 0.2) is 30.4 Å². The molecule has 5 unspecified atom stereocenters. The van der Waals surface area contributed by atoms with Crippen LogP contribution in [0.25, 0.3) is 0 Å². The normalized spacial score (nSPS) is 29.2. The van der Waals surface area contributed by atoms with Gasteiger partial charge in [-0.2, -0.15) is 0 Å². The lowest BCUT2D eigenvalue weighted by molar-refractivity contribution is -0.163. The number of nitrogens with zero attached hydrogens (tertiary/aromatic N) is 1. The van der Waals surface area contributed by atoms with Gasteiger partial charge in [-0.05, 0) is 52.7 Å². The van der Waals surface area contributed by atoms with Crippen LogP contribution in [0.1, 0.15) is 45.2 Å². The molecule has 2 fully saturated rings. The van der Waals surface area contributed by atoms with E-state index in [1.54, 1.807) is 11.8 Å². The average molecular weight is 441 g/mol. The Kier molecular flexibility index (Phi) is 5.44. The molecule has 32 heavy (non-hydrogen) atoms. The third-order valence-corrected chi connectivity index (χ3v) is 6.44. The summed E-state index contributed by atoms with van der Waals surface area (Å²) in [4.78, 5) is 41.1. The van der Waals surface area contributed by atoms with Crippen LogP contribution in [0.3, 0.4) is 0 Å². The van der Waals surface area contributed by atoms with E-state index in [0.29, 0.717) is 13.0 Å². The molecule has 1 aromatic rings. The van der Waals surface area contributed by atoms with Crippen LogP contribution < -0.4 is 10.2 Å². The Hall–Kier alpha value is -2.67. The van der Waals surface area contributed by atoms with Gasteiger partial charge >= 0.3 is 5.97 Å². The number of hydrogen-bond acceptors (Lipinski definition) is 5. The molecule has 0 aliphatic carbocycles. The number of aryl methyl sites for hydroxylation is 2. The number of nitrogens with one attached hydrogen (secondary N) is 1. The van der Waals surface area contributed by atoms with Crippen molar-refractivity contribution in [3.05, 3.63) is 41.5 Å². The lowest BCUT2D eigenvalue weighted by atomic mass is 9.77. The van der Waals surface area contributed by atoms with Crippen molar-refractivity contribution in [1.82, 2.24) is 5.32 Å². The molecule has 3 heterocycles. The van der Waals surface area contributed by atoms with Crippen molar-refractivity contribution < 1.29 is 23.9 Å². The van der Waals surface area contributed by atoms with Gasteiger partial charge in [0.1, 0.15) is 11.5 Å². The molecule has 3 aliphatic heterocycles. The minimum atomic E-state index is -0.910. The van der Waals surface area contributed by atoms with Crippen LogP contribution in [0.5, 0.6) is 0 Å². The van der Waals surface area contributed by atoms with E-state index in [-0.39, 0.29) is 11.8 Å². The highest BCUT2D eigenvalue weighted by Crippen LogP contribution is 2.53. The van der Waals surface area contributed by atoms with E-state index in [4.69, 9.17) is 9.47 Å². The van der Waals surface area contributed by atoms with E-state index >= 15 is 0 Å². The van der Waals surface area contributed by atoms with Crippen molar-refractivity contribution in [3.8, 4) is 0 Å². The van der Waals surface area contributed by atoms with E-state index in [0.717, 1.165) is 16.8 Å². The Labute approximate surface area is 189 Å². The van der Waals surface area contributed by atoms with Gasteiger partial charge in [-0.1, -0.05) is 36.8 Å². The summed E-state index contributed by atoms with van der Waals surface area (Å²) < 4.78 is 11.8. The quantitative estimate of drug-likeness (QED) is 0.562. The minimum absolute atomic E-state index is 0.141. The maximum atomic E-state index is 13.5. The molecule has 7 heteroatoms. The molecule has 1 aromatic carbocycles. The van der Waals surface area contributed by atoms with E-state index in [2.05, 4.69) is 5.32 Å².